The lowest BCUT2D eigenvalue weighted by atomic mass is 9.85. The number of ether oxygens (including phenoxy) is 1. The van der Waals surface area contributed by atoms with E-state index >= 15 is 0 Å². The number of amides is 1. The molecule has 2 aliphatic rings. The van der Waals surface area contributed by atoms with Gasteiger partial charge < -0.3 is 20.5 Å². The Morgan fingerprint density at radius 3 is 2.56 bits per heavy atom. The van der Waals surface area contributed by atoms with Gasteiger partial charge in [-0.05, 0) is 38.5 Å². The standard InChI is InChI=1S/C13H24N2O3/c14-13(5-9-18-10-6-13)12(17)15(7-2-8-16)11-3-1-4-11/h11,16H,1-10,14H2. The van der Waals surface area contributed by atoms with Crippen molar-refractivity contribution in [1.29, 1.82) is 0 Å². The maximum Gasteiger partial charge on any atom is 0.243 e. The van der Waals surface area contributed by atoms with E-state index in [1.54, 1.807) is 0 Å². The molecular formula is C13H24N2O3. The number of carbonyl (C=O) groups excluding carboxylic acids is 1. The van der Waals surface area contributed by atoms with Crippen molar-refractivity contribution in [2.45, 2.75) is 50.1 Å². The summed E-state index contributed by atoms with van der Waals surface area (Å²) in [6.07, 6.45) is 5.18. The maximum absolute atomic E-state index is 12.6. The van der Waals surface area contributed by atoms with Crippen LogP contribution < -0.4 is 5.73 Å². The zero-order chi connectivity index (χ0) is 13.0. The van der Waals surface area contributed by atoms with Gasteiger partial charge >= 0.3 is 0 Å². The Bertz CT molecular complexity index is 286. The molecule has 104 valence electrons. The van der Waals surface area contributed by atoms with E-state index in [9.17, 15) is 4.79 Å². The van der Waals surface area contributed by atoms with Gasteiger partial charge in [-0.1, -0.05) is 0 Å². The second kappa shape index (κ2) is 5.99. The number of carbonyl (C=O) groups is 1. The highest BCUT2D eigenvalue weighted by atomic mass is 16.5. The summed E-state index contributed by atoms with van der Waals surface area (Å²) < 4.78 is 5.29. The summed E-state index contributed by atoms with van der Waals surface area (Å²) in [7, 11) is 0. The molecule has 0 aromatic carbocycles. The van der Waals surface area contributed by atoms with Crippen LogP contribution in [0.15, 0.2) is 0 Å². The zero-order valence-electron chi connectivity index (χ0n) is 10.9. The molecule has 1 heterocycles. The Morgan fingerprint density at radius 1 is 1.39 bits per heavy atom. The van der Waals surface area contributed by atoms with E-state index in [0.29, 0.717) is 45.1 Å². The summed E-state index contributed by atoms with van der Waals surface area (Å²) in [6.45, 7) is 1.89. The third kappa shape index (κ3) is 2.84. The van der Waals surface area contributed by atoms with Gasteiger partial charge in [0.2, 0.25) is 5.91 Å². The number of aliphatic hydroxyl groups excluding tert-OH is 1. The van der Waals surface area contributed by atoms with Crippen molar-refractivity contribution in [1.82, 2.24) is 4.90 Å². The van der Waals surface area contributed by atoms with E-state index in [0.717, 1.165) is 12.8 Å². The molecule has 1 amide bonds. The first kappa shape index (κ1) is 13.8. The summed E-state index contributed by atoms with van der Waals surface area (Å²) >= 11 is 0. The average Bonchev–Trinajstić information content (AvgIpc) is 2.32. The molecule has 5 heteroatoms. The summed E-state index contributed by atoms with van der Waals surface area (Å²) in [5.74, 6) is 0.0592. The predicted molar refractivity (Wildman–Crippen MR) is 68.0 cm³/mol. The van der Waals surface area contributed by atoms with Crippen molar-refractivity contribution in [2.75, 3.05) is 26.4 Å². The molecular weight excluding hydrogens is 232 g/mol. The second-order valence-electron chi connectivity index (χ2n) is 5.43. The molecule has 3 N–H and O–H groups in total. The SMILES string of the molecule is NC1(C(=O)N(CCCO)C2CCC2)CCOCC1. The highest BCUT2D eigenvalue weighted by molar-refractivity contribution is 5.86. The van der Waals surface area contributed by atoms with Gasteiger partial charge in [-0.25, -0.2) is 0 Å². The largest absolute Gasteiger partial charge is 0.396 e. The van der Waals surface area contributed by atoms with Gasteiger partial charge in [0.15, 0.2) is 0 Å². The van der Waals surface area contributed by atoms with Crippen LogP contribution in [0.2, 0.25) is 0 Å². The summed E-state index contributed by atoms with van der Waals surface area (Å²) in [4.78, 5) is 14.5. The number of aliphatic hydroxyl groups is 1. The van der Waals surface area contributed by atoms with Crippen molar-refractivity contribution < 1.29 is 14.6 Å². The van der Waals surface area contributed by atoms with Gasteiger partial charge in [0.1, 0.15) is 0 Å². The Balaban J connectivity index is 2.01. The Labute approximate surface area is 108 Å². The second-order valence-corrected chi connectivity index (χ2v) is 5.43. The van der Waals surface area contributed by atoms with Crippen molar-refractivity contribution in [3.05, 3.63) is 0 Å². The fraction of sp³-hybridized carbons (Fsp3) is 0.923. The van der Waals surface area contributed by atoms with Crippen LogP contribution >= 0.6 is 0 Å². The molecule has 0 radical (unpaired) electrons. The maximum atomic E-state index is 12.6. The van der Waals surface area contributed by atoms with E-state index in [1.807, 2.05) is 4.90 Å². The van der Waals surface area contributed by atoms with Crippen molar-refractivity contribution in [3.63, 3.8) is 0 Å². The smallest absolute Gasteiger partial charge is 0.243 e. The highest BCUT2D eigenvalue weighted by Crippen LogP contribution is 2.29. The molecule has 1 saturated heterocycles. The van der Waals surface area contributed by atoms with Gasteiger partial charge in [0, 0.05) is 32.4 Å². The van der Waals surface area contributed by atoms with E-state index in [4.69, 9.17) is 15.6 Å². The van der Waals surface area contributed by atoms with E-state index in [1.165, 1.54) is 6.42 Å². The van der Waals surface area contributed by atoms with Crippen molar-refractivity contribution in [3.8, 4) is 0 Å². The number of nitrogens with zero attached hydrogens (tertiary/aromatic N) is 1. The van der Waals surface area contributed by atoms with Crippen LogP contribution in [0, 0.1) is 0 Å². The molecule has 0 spiro atoms. The molecule has 0 aromatic heterocycles. The Morgan fingerprint density at radius 2 is 2.06 bits per heavy atom. The molecule has 1 aliphatic heterocycles. The monoisotopic (exact) mass is 256 g/mol. The normalized spacial score (nSPS) is 23.4. The van der Waals surface area contributed by atoms with Gasteiger partial charge in [0.25, 0.3) is 0 Å². The van der Waals surface area contributed by atoms with E-state index in [2.05, 4.69) is 0 Å². The third-order valence-corrected chi connectivity index (χ3v) is 4.14. The minimum atomic E-state index is -0.747. The average molecular weight is 256 g/mol. The first-order chi connectivity index (χ1) is 8.67. The molecule has 5 nitrogen and oxygen atoms in total. The van der Waals surface area contributed by atoms with E-state index < -0.39 is 5.54 Å². The molecule has 2 fully saturated rings. The van der Waals surface area contributed by atoms with Crippen LogP contribution in [-0.4, -0.2) is 53.9 Å². The highest BCUT2D eigenvalue weighted by Gasteiger charge is 2.41. The predicted octanol–water partition coefficient (Wildman–Crippen LogP) is 0.258. The molecule has 0 aromatic rings. The van der Waals surface area contributed by atoms with E-state index in [-0.39, 0.29) is 12.5 Å². The summed E-state index contributed by atoms with van der Waals surface area (Å²) in [5.41, 5.74) is 5.51. The lowest BCUT2D eigenvalue weighted by molar-refractivity contribution is -0.145. The van der Waals surface area contributed by atoms with Gasteiger partial charge in [-0.3, -0.25) is 4.79 Å². The van der Waals surface area contributed by atoms with Gasteiger partial charge in [-0.15, -0.1) is 0 Å². The van der Waals surface area contributed by atoms with Crippen LogP contribution in [0.5, 0.6) is 0 Å². The lowest BCUT2D eigenvalue weighted by Crippen LogP contribution is -2.61. The molecule has 1 saturated carbocycles. The fourth-order valence-electron chi connectivity index (χ4n) is 2.62. The topological polar surface area (TPSA) is 75.8 Å². The van der Waals surface area contributed by atoms with Crippen LogP contribution in [0.3, 0.4) is 0 Å². The number of hydrogen-bond acceptors (Lipinski definition) is 4. The van der Waals surface area contributed by atoms with Crippen LogP contribution in [-0.2, 0) is 9.53 Å². The Kier molecular flexibility index (Phi) is 4.59. The fourth-order valence-corrected chi connectivity index (χ4v) is 2.62. The molecule has 2 rings (SSSR count). The molecule has 0 atom stereocenters. The molecule has 0 unspecified atom stereocenters. The summed E-state index contributed by atoms with van der Waals surface area (Å²) in [5, 5.41) is 8.95. The van der Waals surface area contributed by atoms with Gasteiger partial charge in [0.05, 0.1) is 5.54 Å². The number of hydrogen-bond donors (Lipinski definition) is 2. The van der Waals surface area contributed by atoms with Crippen LogP contribution in [0.25, 0.3) is 0 Å². The number of rotatable bonds is 5. The summed E-state index contributed by atoms with van der Waals surface area (Å²) in [6, 6.07) is 0.340. The van der Waals surface area contributed by atoms with Crippen LogP contribution in [0.1, 0.15) is 38.5 Å². The third-order valence-electron chi connectivity index (χ3n) is 4.14. The molecule has 1 aliphatic carbocycles. The lowest BCUT2D eigenvalue weighted by Gasteiger charge is -2.43. The van der Waals surface area contributed by atoms with Gasteiger partial charge in [-0.2, -0.15) is 0 Å². The quantitative estimate of drug-likeness (QED) is 0.739. The number of nitrogens with two attached hydrogens (primary N) is 1. The van der Waals surface area contributed by atoms with Crippen LogP contribution in [0.4, 0.5) is 0 Å². The minimum absolute atomic E-state index is 0.0592. The molecule has 18 heavy (non-hydrogen) atoms. The first-order valence-electron chi connectivity index (χ1n) is 6.96. The first-order valence-corrected chi connectivity index (χ1v) is 6.96. The Hall–Kier alpha value is -0.650. The van der Waals surface area contributed by atoms with Crippen molar-refractivity contribution in [2.24, 2.45) is 5.73 Å². The molecule has 0 bridgehead atoms. The minimum Gasteiger partial charge on any atom is -0.396 e. The zero-order valence-corrected chi connectivity index (χ0v) is 10.9. The van der Waals surface area contributed by atoms with Crippen molar-refractivity contribution >= 4 is 5.91 Å².